The average molecular weight is 270 g/mol. The Hall–Kier alpha value is -1.69. The van der Waals surface area contributed by atoms with Crippen LogP contribution in [0.2, 0.25) is 0 Å². The Morgan fingerprint density at radius 2 is 2.00 bits per heavy atom. The van der Waals surface area contributed by atoms with E-state index in [4.69, 9.17) is 5.73 Å². The van der Waals surface area contributed by atoms with E-state index in [1.165, 1.54) is 24.3 Å². The van der Waals surface area contributed by atoms with Gasteiger partial charge in [-0.25, -0.2) is 0 Å². The fourth-order valence-electron chi connectivity index (χ4n) is 2.08. The van der Waals surface area contributed by atoms with Gasteiger partial charge in [0.2, 0.25) is 0 Å². The first-order valence-electron chi connectivity index (χ1n) is 6.13. The minimum Gasteiger partial charge on any atom is -0.435 e. The maximum absolute atomic E-state index is 12.0. The molecule has 0 heterocycles. The van der Waals surface area contributed by atoms with Crippen molar-refractivity contribution in [1.82, 2.24) is 5.32 Å². The van der Waals surface area contributed by atoms with Gasteiger partial charge in [0.1, 0.15) is 5.75 Å². The fraction of sp³-hybridized carbons (Fsp3) is 0.462. The first kappa shape index (κ1) is 13.7. The maximum atomic E-state index is 12.0. The molecule has 0 atom stereocenters. The van der Waals surface area contributed by atoms with E-state index in [0.29, 0.717) is 18.0 Å². The quantitative estimate of drug-likeness (QED) is 0.856. The molecule has 1 aromatic rings. The highest BCUT2D eigenvalue weighted by molar-refractivity contribution is 5.94. The molecule has 1 fully saturated rings. The van der Waals surface area contributed by atoms with Crippen LogP contribution in [0.15, 0.2) is 24.3 Å². The van der Waals surface area contributed by atoms with Crippen LogP contribution in [0.5, 0.6) is 5.75 Å². The van der Waals surface area contributed by atoms with Crippen LogP contribution in [0.25, 0.3) is 0 Å². The van der Waals surface area contributed by atoms with Crippen LogP contribution in [0.3, 0.4) is 0 Å². The molecule has 1 amide bonds. The fourth-order valence-corrected chi connectivity index (χ4v) is 2.08. The summed E-state index contributed by atoms with van der Waals surface area (Å²) in [6, 6.07) is 5.87. The van der Waals surface area contributed by atoms with E-state index in [1.54, 1.807) is 0 Å². The van der Waals surface area contributed by atoms with Gasteiger partial charge in [-0.05, 0) is 43.0 Å². The van der Waals surface area contributed by atoms with Crippen molar-refractivity contribution in [1.29, 1.82) is 0 Å². The Labute approximate surface area is 109 Å². The molecular weight excluding hydrogens is 254 g/mol. The van der Waals surface area contributed by atoms with Crippen molar-refractivity contribution in [2.24, 2.45) is 11.7 Å². The molecule has 1 aliphatic carbocycles. The van der Waals surface area contributed by atoms with Gasteiger partial charge in [0.05, 0.1) is 0 Å². The lowest BCUT2D eigenvalue weighted by atomic mass is 9.81. The molecule has 3 N–H and O–H groups in total. The topological polar surface area (TPSA) is 64.3 Å². The predicted molar refractivity (Wildman–Crippen MR) is 66.1 cm³/mol. The van der Waals surface area contributed by atoms with Gasteiger partial charge in [-0.1, -0.05) is 0 Å². The lowest BCUT2D eigenvalue weighted by Gasteiger charge is -2.32. The van der Waals surface area contributed by atoms with Gasteiger partial charge in [-0.15, -0.1) is 0 Å². The van der Waals surface area contributed by atoms with E-state index in [1.807, 2.05) is 0 Å². The lowest BCUT2D eigenvalue weighted by molar-refractivity contribution is -0.0498. The van der Waals surface area contributed by atoms with Crippen molar-refractivity contribution in [3.05, 3.63) is 29.8 Å². The number of carbonyl (C=O) groups is 1. The van der Waals surface area contributed by atoms with Gasteiger partial charge in [0.25, 0.3) is 5.91 Å². The molecule has 4 nitrogen and oxygen atoms in total. The molecule has 0 unspecified atom stereocenters. The van der Waals surface area contributed by atoms with E-state index in [9.17, 15) is 13.6 Å². The van der Waals surface area contributed by atoms with Crippen LogP contribution in [0, 0.1) is 5.92 Å². The second-order valence-electron chi connectivity index (χ2n) is 4.71. The molecule has 104 valence electrons. The molecule has 0 saturated heterocycles. The summed E-state index contributed by atoms with van der Waals surface area (Å²) in [5.74, 6) is 0.265. The number of nitrogens with one attached hydrogen (secondary N) is 1. The number of hydrogen-bond acceptors (Lipinski definition) is 3. The molecule has 1 aliphatic rings. The van der Waals surface area contributed by atoms with Crippen molar-refractivity contribution in [3.63, 3.8) is 0 Å². The van der Waals surface area contributed by atoms with Crippen molar-refractivity contribution >= 4 is 5.91 Å². The first-order valence-corrected chi connectivity index (χ1v) is 6.13. The first-order chi connectivity index (χ1) is 9.04. The Kier molecular flexibility index (Phi) is 4.31. The summed E-state index contributed by atoms with van der Waals surface area (Å²) >= 11 is 0. The zero-order valence-electron chi connectivity index (χ0n) is 10.3. The third-order valence-electron chi connectivity index (χ3n) is 3.17. The SMILES string of the molecule is NC1CC(CNC(=O)c2ccc(OC(F)F)cc2)C1. The van der Waals surface area contributed by atoms with Crippen LogP contribution >= 0.6 is 0 Å². The van der Waals surface area contributed by atoms with Crippen LogP contribution in [0.4, 0.5) is 8.78 Å². The molecule has 1 saturated carbocycles. The predicted octanol–water partition coefficient (Wildman–Crippen LogP) is 1.76. The summed E-state index contributed by atoms with van der Waals surface area (Å²) in [6.07, 6.45) is 1.86. The molecule has 1 aromatic carbocycles. The largest absolute Gasteiger partial charge is 0.435 e. The average Bonchev–Trinajstić information content (AvgIpc) is 2.33. The van der Waals surface area contributed by atoms with Gasteiger partial charge in [-0.3, -0.25) is 4.79 Å². The summed E-state index contributed by atoms with van der Waals surface area (Å²) in [5, 5.41) is 2.80. The number of alkyl halides is 2. The summed E-state index contributed by atoms with van der Waals surface area (Å²) < 4.78 is 28.1. The smallest absolute Gasteiger partial charge is 0.387 e. The number of nitrogens with two attached hydrogens (primary N) is 1. The Bertz CT molecular complexity index is 431. The summed E-state index contributed by atoms with van der Waals surface area (Å²) in [7, 11) is 0. The maximum Gasteiger partial charge on any atom is 0.387 e. The van der Waals surface area contributed by atoms with Gasteiger partial charge in [0.15, 0.2) is 0 Å². The molecule has 19 heavy (non-hydrogen) atoms. The second-order valence-corrected chi connectivity index (χ2v) is 4.71. The zero-order valence-corrected chi connectivity index (χ0v) is 10.3. The third-order valence-corrected chi connectivity index (χ3v) is 3.17. The minimum atomic E-state index is -2.86. The Morgan fingerprint density at radius 3 is 2.53 bits per heavy atom. The van der Waals surface area contributed by atoms with E-state index < -0.39 is 6.61 Å². The Balaban J connectivity index is 1.81. The van der Waals surface area contributed by atoms with Crippen molar-refractivity contribution < 1.29 is 18.3 Å². The highest BCUT2D eigenvalue weighted by Gasteiger charge is 2.25. The number of amides is 1. The number of carbonyl (C=O) groups excluding carboxylic acids is 1. The van der Waals surface area contributed by atoms with E-state index in [2.05, 4.69) is 10.1 Å². The van der Waals surface area contributed by atoms with Crippen molar-refractivity contribution in [3.8, 4) is 5.75 Å². The molecule has 6 heteroatoms. The lowest BCUT2D eigenvalue weighted by Crippen LogP contribution is -2.42. The molecule has 0 aromatic heterocycles. The van der Waals surface area contributed by atoms with Crippen molar-refractivity contribution in [2.75, 3.05) is 6.54 Å². The summed E-state index contributed by atoms with van der Waals surface area (Å²) in [4.78, 5) is 11.8. The zero-order chi connectivity index (χ0) is 13.8. The summed E-state index contributed by atoms with van der Waals surface area (Å²) in [5.41, 5.74) is 6.08. The van der Waals surface area contributed by atoms with Gasteiger partial charge in [0, 0.05) is 18.2 Å². The number of halogens is 2. The standard InChI is InChI=1S/C13H16F2N2O2/c14-13(15)19-11-3-1-9(2-4-11)12(18)17-7-8-5-10(16)6-8/h1-4,8,10,13H,5-7,16H2,(H,17,18). The van der Waals surface area contributed by atoms with Crippen LogP contribution in [0.1, 0.15) is 23.2 Å². The van der Waals surface area contributed by atoms with Crippen LogP contribution in [-0.4, -0.2) is 25.1 Å². The molecule has 2 rings (SSSR count). The third kappa shape index (κ3) is 3.89. The van der Waals surface area contributed by atoms with Gasteiger partial charge in [-0.2, -0.15) is 8.78 Å². The molecule has 0 bridgehead atoms. The highest BCUT2D eigenvalue weighted by atomic mass is 19.3. The van der Waals surface area contributed by atoms with E-state index in [0.717, 1.165) is 12.8 Å². The van der Waals surface area contributed by atoms with Gasteiger partial charge < -0.3 is 15.8 Å². The molecular formula is C13H16F2N2O2. The van der Waals surface area contributed by atoms with Crippen molar-refractivity contribution in [2.45, 2.75) is 25.5 Å². The van der Waals surface area contributed by atoms with Crippen LogP contribution in [-0.2, 0) is 0 Å². The normalized spacial score (nSPS) is 21.9. The van der Waals surface area contributed by atoms with Gasteiger partial charge >= 0.3 is 6.61 Å². The molecule has 0 radical (unpaired) electrons. The van der Waals surface area contributed by atoms with E-state index in [-0.39, 0.29) is 17.7 Å². The Morgan fingerprint density at radius 1 is 1.37 bits per heavy atom. The highest BCUT2D eigenvalue weighted by Crippen LogP contribution is 2.24. The summed E-state index contributed by atoms with van der Waals surface area (Å²) in [6.45, 7) is -2.26. The number of ether oxygens (including phenoxy) is 1. The molecule has 0 aliphatic heterocycles. The van der Waals surface area contributed by atoms with Crippen LogP contribution < -0.4 is 15.8 Å². The van der Waals surface area contributed by atoms with E-state index >= 15 is 0 Å². The second kappa shape index (κ2) is 5.97. The molecule has 0 spiro atoms. The monoisotopic (exact) mass is 270 g/mol. The number of benzene rings is 1. The number of hydrogen-bond donors (Lipinski definition) is 2. The number of rotatable bonds is 5. The minimum absolute atomic E-state index is 0.0384.